The molecule has 16 heavy (non-hydrogen) atoms. The first-order valence-electron chi connectivity index (χ1n) is 5.57. The summed E-state index contributed by atoms with van der Waals surface area (Å²) >= 11 is 1.68. The van der Waals surface area contributed by atoms with E-state index in [-0.39, 0.29) is 23.1 Å². The highest BCUT2D eigenvalue weighted by Crippen LogP contribution is 2.22. The van der Waals surface area contributed by atoms with Crippen LogP contribution in [0.1, 0.15) is 34.1 Å². The Hall–Kier alpha value is 0.0700. The summed E-state index contributed by atoms with van der Waals surface area (Å²) in [5.74, 6) is 0.685. The Morgan fingerprint density at radius 3 is 2.31 bits per heavy atom. The maximum absolute atomic E-state index is 11.4. The maximum Gasteiger partial charge on any atom is 0.230 e. The Labute approximate surface area is 110 Å². The van der Waals surface area contributed by atoms with E-state index in [9.17, 15) is 4.79 Å². The van der Waals surface area contributed by atoms with Crippen molar-refractivity contribution in [3.63, 3.8) is 0 Å². The van der Waals surface area contributed by atoms with Crippen LogP contribution in [0.5, 0.6) is 0 Å². The Kier molecular flexibility index (Phi) is 11.8. The Balaban J connectivity index is 0. The number of rotatable bonds is 7. The van der Waals surface area contributed by atoms with E-state index < -0.39 is 0 Å². The van der Waals surface area contributed by atoms with Crippen LogP contribution in [0.4, 0.5) is 0 Å². The molecule has 0 radical (unpaired) electrons. The number of nitrogens with one attached hydrogen (secondary N) is 2. The first-order valence-corrected chi connectivity index (χ1v) is 6.55. The highest BCUT2D eigenvalue weighted by molar-refractivity contribution is 8.01. The third-order valence-corrected chi connectivity index (χ3v) is 2.96. The monoisotopic (exact) mass is 268 g/mol. The number of halogens is 1. The van der Waals surface area contributed by atoms with Crippen molar-refractivity contribution in [3.8, 4) is 0 Å². The Morgan fingerprint density at radius 2 is 1.81 bits per heavy atom. The van der Waals surface area contributed by atoms with Crippen molar-refractivity contribution in [2.45, 2.75) is 38.9 Å². The van der Waals surface area contributed by atoms with Crippen molar-refractivity contribution >= 4 is 30.1 Å². The Bertz CT molecular complexity index is 183. The minimum atomic E-state index is 0. The molecule has 0 bridgehead atoms. The molecule has 0 unspecified atom stereocenters. The zero-order valence-electron chi connectivity index (χ0n) is 10.8. The van der Waals surface area contributed by atoms with Gasteiger partial charge in [0.2, 0.25) is 5.91 Å². The van der Waals surface area contributed by atoms with Crippen LogP contribution in [-0.4, -0.2) is 36.0 Å². The van der Waals surface area contributed by atoms with E-state index in [0.717, 1.165) is 26.1 Å². The molecule has 0 aromatic rings. The SMILES string of the molecule is CCCNCCNC(=O)CSC(C)(C)C.Cl. The van der Waals surface area contributed by atoms with E-state index in [2.05, 4.69) is 38.3 Å². The molecule has 98 valence electrons. The lowest BCUT2D eigenvalue weighted by Gasteiger charge is -2.16. The van der Waals surface area contributed by atoms with Crippen LogP contribution in [0.15, 0.2) is 0 Å². The van der Waals surface area contributed by atoms with E-state index in [1.165, 1.54) is 0 Å². The van der Waals surface area contributed by atoms with E-state index in [1.54, 1.807) is 11.8 Å². The van der Waals surface area contributed by atoms with Crippen molar-refractivity contribution in [2.24, 2.45) is 0 Å². The summed E-state index contributed by atoms with van der Waals surface area (Å²) in [4.78, 5) is 11.4. The average Bonchev–Trinajstić information content (AvgIpc) is 2.13. The fourth-order valence-electron chi connectivity index (χ4n) is 0.925. The highest BCUT2D eigenvalue weighted by atomic mass is 35.5. The van der Waals surface area contributed by atoms with Gasteiger partial charge in [0, 0.05) is 17.8 Å². The molecule has 1 amide bonds. The molecule has 5 heteroatoms. The van der Waals surface area contributed by atoms with Gasteiger partial charge in [0.05, 0.1) is 5.75 Å². The molecule has 0 aliphatic rings. The molecular weight excluding hydrogens is 244 g/mol. The summed E-state index contributed by atoms with van der Waals surface area (Å²) < 4.78 is 0.164. The average molecular weight is 269 g/mol. The lowest BCUT2D eigenvalue weighted by atomic mass is 10.3. The third-order valence-electron chi connectivity index (χ3n) is 1.69. The molecule has 0 atom stereocenters. The number of carbonyl (C=O) groups excluding carboxylic acids is 1. The number of hydrogen-bond acceptors (Lipinski definition) is 3. The first kappa shape index (κ1) is 18.4. The summed E-state index contributed by atoms with van der Waals surface area (Å²) in [6, 6.07) is 0. The van der Waals surface area contributed by atoms with Crippen molar-refractivity contribution in [1.82, 2.24) is 10.6 Å². The van der Waals surface area contributed by atoms with Gasteiger partial charge in [-0.25, -0.2) is 0 Å². The molecule has 0 aliphatic carbocycles. The van der Waals surface area contributed by atoms with Crippen LogP contribution in [0.3, 0.4) is 0 Å². The topological polar surface area (TPSA) is 41.1 Å². The summed E-state index contributed by atoms with van der Waals surface area (Å²) in [6.45, 7) is 11.1. The largest absolute Gasteiger partial charge is 0.354 e. The van der Waals surface area contributed by atoms with Crippen LogP contribution < -0.4 is 10.6 Å². The predicted molar refractivity (Wildman–Crippen MR) is 75.6 cm³/mol. The molecule has 0 rings (SSSR count). The highest BCUT2D eigenvalue weighted by Gasteiger charge is 2.12. The molecule has 0 aromatic heterocycles. The lowest BCUT2D eigenvalue weighted by Crippen LogP contribution is -2.33. The maximum atomic E-state index is 11.4. The van der Waals surface area contributed by atoms with Gasteiger partial charge in [-0.05, 0) is 13.0 Å². The second-order valence-electron chi connectivity index (χ2n) is 4.50. The van der Waals surface area contributed by atoms with Crippen molar-refractivity contribution in [2.75, 3.05) is 25.4 Å². The van der Waals surface area contributed by atoms with Crippen LogP contribution in [0.25, 0.3) is 0 Å². The predicted octanol–water partition coefficient (Wildman–Crippen LogP) is 2.06. The van der Waals surface area contributed by atoms with Crippen LogP contribution in [-0.2, 0) is 4.79 Å². The minimum absolute atomic E-state index is 0. The molecule has 2 N–H and O–H groups in total. The van der Waals surface area contributed by atoms with E-state index in [1.807, 2.05) is 0 Å². The second-order valence-corrected chi connectivity index (χ2v) is 6.30. The zero-order chi connectivity index (χ0) is 11.7. The fraction of sp³-hybridized carbons (Fsp3) is 0.909. The molecule has 0 saturated heterocycles. The van der Waals surface area contributed by atoms with Gasteiger partial charge >= 0.3 is 0 Å². The zero-order valence-corrected chi connectivity index (χ0v) is 12.4. The van der Waals surface area contributed by atoms with Gasteiger partial charge in [-0.3, -0.25) is 4.79 Å². The summed E-state index contributed by atoms with van der Waals surface area (Å²) in [5.41, 5.74) is 0. The fourth-order valence-corrected chi connectivity index (χ4v) is 1.59. The molecule has 0 spiro atoms. The molecule has 0 saturated carbocycles. The smallest absolute Gasteiger partial charge is 0.230 e. The van der Waals surface area contributed by atoms with E-state index in [4.69, 9.17) is 0 Å². The van der Waals surface area contributed by atoms with Crippen LogP contribution >= 0.6 is 24.2 Å². The summed E-state index contributed by atoms with van der Waals surface area (Å²) in [5, 5.41) is 6.13. The number of thioether (sulfide) groups is 1. The van der Waals surface area contributed by atoms with Crippen LogP contribution in [0.2, 0.25) is 0 Å². The summed E-state index contributed by atoms with van der Waals surface area (Å²) in [7, 11) is 0. The standard InChI is InChI=1S/C11H24N2OS.ClH/c1-5-6-12-7-8-13-10(14)9-15-11(2,3)4;/h12H,5-9H2,1-4H3,(H,13,14);1H. The number of carbonyl (C=O) groups is 1. The molecular formula is C11H25ClN2OS. The van der Waals surface area contributed by atoms with Crippen molar-refractivity contribution < 1.29 is 4.79 Å². The molecule has 3 nitrogen and oxygen atoms in total. The lowest BCUT2D eigenvalue weighted by molar-refractivity contribution is -0.118. The molecule has 0 heterocycles. The van der Waals surface area contributed by atoms with Gasteiger partial charge in [-0.2, -0.15) is 0 Å². The van der Waals surface area contributed by atoms with Crippen molar-refractivity contribution in [3.05, 3.63) is 0 Å². The Morgan fingerprint density at radius 1 is 1.19 bits per heavy atom. The number of amides is 1. The number of hydrogen-bond donors (Lipinski definition) is 2. The minimum Gasteiger partial charge on any atom is -0.354 e. The molecule has 0 fully saturated rings. The molecule has 0 aliphatic heterocycles. The van der Waals surface area contributed by atoms with Gasteiger partial charge in [-0.1, -0.05) is 27.7 Å². The quantitative estimate of drug-likeness (QED) is 0.695. The van der Waals surface area contributed by atoms with Gasteiger partial charge in [0.15, 0.2) is 0 Å². The normalized spacial score (nSPS) is 10.8. The van der Waals surface area contributed by atoms with Gasteiger partial charge < -0.3 is 10.6 Å². The van der Waals surface area contributed by atoms with Gasteiger partial charge in [-0.15, -0.1) is 24.2 Å². The third kappa shape index (κ3) is 14.1. The van der Waals surface area contributed by atoms with E-state index >= 15 is 0 Å². The first-order chi connectivity index (χ1) is 6.95. The molecule has 0 aromatic carbocycles. The van der Waals surface area contributed by atoms with Gasteiger partial charge in [0.25, 0.3) is 0 Å². The van der Waals surface area contributed by atoms with Gasteiger partial charge in [0.1, 0.15) is 0 Å². The van der Waals surface area contributed by atoms with Crippen molar-refractivity contribution in [1.29, 1.82) is 0 Å². The summed E-state index contributed by atoms with van der Waals surface area (Å²) in [6.07, 6.45) is 1.13. The van der Waals surface area contributed by atoms with E-state index in [0.29, 0.717) is 5.75 Å². The second kappa shape index (κ2) is 10.2. The van der Waals surface area contributed by atoms with Crippen LogP contribution in [0, 0.1) is 0 Å².